The lowest BCUT2D eigenvalue weighted by molar-refractivity contribution is -0.127. The lowest BCUT2D eigenvalue weighted by Crippen LogP contribution is -2.53. The second-order valence-electron chi connectivity index (χ2n) is 6.02. The number of amides is 1. The summed E-state index contributed by atoms with van der Waals surface area (Å²) in [5, 5.41) is 6.58. The molecule has 4 nitrogen and oxygen atoms in total. The second-order valence-corrected chi connectivity index (χ2v) is 6.02. The van der Waals surface area contributed by atoms with Crippen LogP contribution in [0.5, 0.6) is 0 Å². The van der Waals surface area contributed by atoms with Gasteiger partial charge in [0.05, 0.1) is 5.54 Å². The third-order valence-corrected chi connectivity index (χ3v) is 4.49. The molecule has 2 N–H and O–H groups in total. The lowest BCUT2D eigenvalue weighted by atomic mass is 9.91. The zero-order chi connectivity index (χ0) is 13.6. The van der Waals surface area contributed by atoms with Gasteiger partial charge in [-0.1, -0.05) is 13.3 Å². The van der Waals surface area contributed by atoms with Crippen LogP contribution < -0.4 is 10.6 Å². The molecule has 0 radical (unpaired) electrons. The predicted octanol–water partition coefficient (Wildman–Crippen LogP) is 1.51. The molecule has 1 amide bonds. The van der Waals surface area contributed by atoms with Crippen LogP contribution in [0.3, 0.4) is 0 Å². The third kappa shape index (κ3) is 3.93. The van der Waals surface area contributed by atoms with Gasteiger partial charge < -0.3 is 15.5 Å². The molecule has 0 aromatic carbocycles. The molecular formula is C15H29N3O. The topological polar surface area (TPSA) is 44.4 Å². The van der Waals surface area contributed by atoms with Crippen LogP contribution in [0.2, 0.25) is 0 Å². The Morgan fingerprint density at radius 3 is 2.74 bits per heavy atom. The molecule has 2 saturated heterocycles. The van der Waals surface area contributed by atoms with Crippen molar-refractivity contribution in [3.63, 3.8) is 0 Å². The van der Waals surface area contributed by atoms with Crippen LogP contribution in [0, 0.1) is 0 Å². The summed E-state index contributed by atoms with van der Waals surface area (Å²) in [4.78, 5) is 14.9. The Bertz CT molecular complexity index is 281. The van der Waals surface area contributed by atoms with Gasteiger partial charge in [0, 0.05) is 6.54 Å². The summed E-state index contributed by atoms with van der Waals surface area (Å²) in [6.45, 7) is 7.59. The first kappa shape index (κ1) is 14.8. The average Bonchev–Trinajstić information content (AvgIpc) is 3.06. The Kier molecular flexibility index (Phi) is 5.64. The molecule has 0 aliphatic carbocycles. The van der Waals surface area contributed by atoms with E-state index in [4.69, 9.17) is 0 Å². The smallest absolute Gasteiger partial charge is 0.240 e. The highest BCUT2D eigenvalue weighted by atomic mass is 16.2. The minimum absolute atomic E-state index is 0.230. The van der Waals surface area contributed by atoms with Gasteiger partial charge in [0.25, 0.3) is 0 Å². The molecular weight excluding hydrogens is 238 g/mol. The predicted molar refractivity (Wildman–Crippen MR) is 78.2 cm³/mol. The maximum absolute atomic E-state index is 12.4. The van der Waals surface area contributed by atoms with Crippen molar-refractivity contribution in [3.8, 4) is 0 Å². The summed E-state index contributed by atoms with van der Waals surface area (Å²) in [6, 6.07) is 0. The van der Waals surface area contributed by atoms with E-state index in [1.165, 1.54) is 25.9 Å². The van der Waals surface area contributed by atoms with Crippen LogP contribution in [0.15, 0.2) is 0 Å². The van der Waals surface area contributed by atoms with Crippen LogP contribution in [0.25, 0.3) is 0 Å². The molecule has 0 aromatic rings. The first-order valence-corrected chi connectivity index (χ1v) is 8.02. The zero-order valence-electron chi connectivity index (χ0n) is 12.3. The quantitative estimate of drug-likeness (QED) is 0.687. The molecule has 2 heterocycles. The van der Waals surface area contributed by atoms with Gasteiger partial charge in [-0.3, -0.25) is 4.79 Å². The first-order valence-electron chi connectivity index (χ1n) is 8.02. The van der Waals surface area contributed by atoms with Gasteiger partial charge in [-0.15, -0.1) is 0 Å². The zero-order valence-corrected chi connectivity index (χ0v) is 12.3. The van der Waals surface area contributed by atoms with Gasteiger partial charge in [0.2, 0.25) is 5.91 Å². The fraction of sp³-hybridized carbons (Fsp3) is 0.933. The number of carbonyl (C=O) groups is 1. The van der Waals surface area contributed by atoms with Crippen LogP contribution in [0.4, 0.5) is 0 Å². The van der Waals surface area contributed by atoms with E-state index in [-0.39, 0.29) is 11.4 Å². The van der Waals surface area contributed by atoms with Gasteiger partial charge in [-0.2, -0.15) is 0 Å². The van der Waals surface area contributed by atoms with Crippen molar-refractivity contribution in [1.29, 1.82) is 0 Å². The van der Waals surface area contributed by atoms with Crippen molar-refractivity contribution in [2.24, 2.45) is 0 Å². The maximum Gasteiger partial charge on any atom is 0.240 e. The largest absolute Gasteiger partial charge is 0.354 e. The molecule has 19 heavy (non-hydrogen) atoms. The van der Waals surface area contributed by atoms with E-state index >= 15 is 0 Å². The Labute approximate surface area is 117 Å². The number of rotatable bonds is 7. The SMILES string of the molecule is CCCC1(C(=O)NCCCN2CCCC2)CCCN1. The van der Waals surface area contributed by atoms with E-state index in [9.17, 15) is 4.79 Å². The number of nitrogens with one attached hydrogen (secondary N) is 2. The van der Waals surface area contributed by atoms with Gasteiger partial charge in [-0.05, 0) is 64.7 Å². The molecule has 2 aliphatic heterocycles. The van der Waals surface area contributed by atoms with E-state index in [0.29, 0.717) is 0 Å². The summed E-state index contributed by atoms with van der Waals surface area (Å²) in [6.07, 6.45) is 7.92. The number of hydrogen-bond acceptors (Lipinski definition) is 3. The van der Waals surface area contributed by atoms with Crippen molar-refractivity contribution in [2.75, 3.05) is 32.7 Å². The molecule has 4 heteroatoms. The Balaban J connectivity index is 1.67. The van der Waals surface area contributed by atoms with Crippen LogP contribution in [-0.4, -0.2) is 49.1 Å². The van der Waals surface area contributed by atoms with Crippen LogP contribution >= 0.6 is 0 Å². The number of likely N-dealkylation sites (tertiary alicyclic amines) is 1. The molecule has 1 atom stereocenters. The van der Waals surface area contributed by atoms with E-state index in [1.807, 2.05) is 0 Å². The Morgan fingerprint density at radius 1 is 1.32 bits per heavy atom. The molecule has 2 rings (SSSR count). The fourth-order valence-corrected chi connectivity index (χ4v) is 3.43. The minimum atomic E-state index is -0.262. The second kappa shape index (κ2) is 7.25. The van der Waals surface area contributed by atoms with E-state index < -0.39 is 0 Å². The molecule has 2 aliphatic rings. The molecule has 0 bridgehead atoms. The first-order chi connectivity index (χ1) is 9.27. The normalized spacial score (nSPS) is 27.8. The fourth-order valence-electron chi connectivity index (χ4n) is 3.43. The maximum atomic E-state index is 12.4. The third-order valence-electron chi connectivity index (χ3n) is 4.49. The highest BCUT2D eigenvalue weighted by Gasteiger charge is 2.39. The lowest BCUT2D eigenvalue weighted by Gasteiger charge is -2.28. The molecule has 0 saturated carbocycles. The molecule has 110 valence electrons. The molecule has 0 spiro atoms. The highest BCUT2D eigenvalue weighted by molar-refractivity contribution is 5.86. The van der Waals surface area contributed by atoms with Gasteiger partial charge >= 0.3 is 0 Å². The van der Waals surface area contributed by atoms with E-state index in [0.717, 1.165) is 51.7 Å². The Morgan fingerprint density at radius 2 is 2.11 bits per heavy atom. The monoisotopic (exact) mass is 267 g/mol. The average molecular weight is 267 g/mol. The van der Waals surface area contributed by atoms with Crippen LogP contribution in [-0.2, 0) is 4.79 Å². The van der Waals surface area contributed by atoms with Gasteiger partial charge in [-0.25, -0.2) is 0 Å². The highest BCUT2D eigenvalue weighted by Crippen LogP contribution is 2.24. The van der Waals surface area contributed by atoms with Crippen molar-refractivity contribution in [1.82, 2.24) is 15.5 Å². The van der Waals surface area contributed by atoms with E-state index in [2.05, 4.69) is 22.5 Å². The van der Waals surface area contributed by atoms with Crippen LogP contribution in [0.1, 0.15) is 51.9 Å². The van der Waals surface area contributed by atoms with Crippen molar-refractivity contribution in [2.45, 2.75) is 57.4 Å². The summed E-state index contributed by atoms with van der Waals surface area (Å²) < 4.78 is 0. The summed E-state index contributed by atoms with van der Waals surface area (Å²) in [5.41, 5.74) is -0.262. The van der Waals surface area contributed by atoms with Crippen molar-refractivity contribution in [3.05, 3.63) is 0 Å². The summed E-state index contributed by atoms with van der Waals surface area (Å²) >= 11 is 0. The van der Waals surface area contributed by atoms with Crippen molar-refractivity contribution >= 4 is 5.91 Å². The molecule has 2 fully saturated rings. The van der Waals surface area contributed by atoms with Gasteiger partial charge in [0.1, 0.15) is 0 Å². The minimum Gasteiger partial charge on any atom is -0.354 e. The number of nitrogens with zero attached hydrogens (tertiary/aromatic N) is 1. The summed E-state index contributed by atoms with van der Waals surface area (Å²) in [5.74, 6) is 0.230. The summed E-state index contributed by atoms with van der Waals surface area (Å²) in [7, 11) is 0. The van der Waals surface area contributed by atoms with E-state index in [1.54, 1.807) is 0 Å². The van der Waals surface area contributed by atoms with Crippen molar-refractivity contribution < 1.29 is 4.79 Å². The standard InChI is InChI=1S/C15H29N3O/c1-2-7-15(8-5-10-17-15)14(19)16-9-6-13-18-11-3-4-12-18/h17H,2-13H2,1H3,(H,16,19). The molecule has 0 aromatic heterocycles. The number of hydrogen-bond donors (Lipinski definition) is 2. The van der Waals surface area contributed by atoms with Gasteiger partial charge in [0.15, 0.2) is 0 Å². The number of carbonyl (C=O) groups excluding carboxylic acids is 1. The Hall–Kier alpha value is -0.610. The molecule has 1 unspecified atom stereocenters.